The van der Waals surface area contributed by atoms with Gasteiger partial charge in [-0.2, -0.15) is 13.2 Å². The Morgan fingerprint density at radius 1 is 1.05 bits per heavy atom. The van der Waals surface area contributed by atoms with E-state index >= 15 is 0 Å². The van der Waals surface area contributed by atoms with E-state index in [1.54, 1.807) is 20.3 Å². The lowest BCUT2D eigenvalue weighted by atomic mass is 10.2. The molecule has 0 amide bonds. The molecule has 0 heterocycles. The number of hydrogen-bond donors (Lipinski definition) is 1. The van der Waals surface area contributed by atoms with Crippen molar-refractivity contribution >= 4 is 0 Å². The van der Waals surface area contributed by atoms with Gasteiger partial charge in [0, 0.05) is 19.2 Å². The van der Waals surface area contributed by atoms with E-state index in [-0.39, 0.29) is 6.61 Å². The molecule has 0 aliphatic rings. The van der Waals surface area contributed by atoms with E-state index in [1.807, 2.05) is 12.1 Å². The lowest BCUT2D eigenvalue weighted by Gasteiger charge is -2.10. The van der Waals surface area contributed by atoms with Gasteiger partial charge in [-0.25, -0.2) is 0 Å². The van der Waals surface area contributed by atoms with E-state index < -0.39 is 12.8 Å². The average Bonchev–Trinajstić information content (AvgIpc) is 2.41. The van der Waals surface area contributed by atoms with Crippen LogP contribution in [0.4, 0.5) is 13.2 Å². The third-order valence-corrected chi connectivity index (χ3v) is 2.43. The number of alkyl halides is 3. The van der Waals surface area contributed by atoms with Gasteiger partial charge in [0.25, 0.3) is 0 Å². The van der Waals surface area contributed by atoms with Gasteiger partial charge in [-0.3, -0.25) is 0 Å². The number of hydrogen-bond acceptors (Lipinski definition) is 4. The molecule has 0 spiro atoms. The molecule has 0 aromatic heterocycles. The molecule has 1 aromatic carbocycles. The smallest absolute Gasteiger partial charge is 0.411 e. The second-order valence-electron chi connectivity index (χ2n) is 4.07. The van der Waals surface area contributed by atoms with Crippen LogP contribution in [0.2, 0.25) is 0 Å². The van der Waals surface area contributed by atoms with Crippen LogP contribution in [0.5, 0.6) is 11.5 Å². The lowest BCUT2D eigenvalue weighted by molar-refractivity contribution is -0.173. The van der Waals surface area contributed by atoms with Crippen LogP contribution in [0.25, 0.3) is 0 Å². The first kappa shape index (κ1) is 16.6. The van der Waals surface area contributed by atoms with E-state index in [0.717, 1.165) is 5.56 Å². The maximum Gasteiger partial charge on any atom is 0.411 e. The summed E-state index contributed by atoms with van der Waals surface area (Å²) >= 11 is 0. The first-order valence-electron chi connectivity index (χ1n) is 6.02. The SMILES string of the molecule is COc1cc(CNCCOCC(F)(F)F)cc(OC)c1. The first-order valence-corrected chi connectivity index (χ1v) is 6.02. The highest BCUT2D eigenvalue weighted by Gasteiger charge is 2.27. The molecule has 1 aromatic rings. The molecule has 20 heavy (non-hydrogen) atoms. The van der Waals surface area contributed by atoms with Gasteiger partial charge < -0.3 is 19.5 Å². The summed E-state index contributed by atoms with van der Waals surface area (Å²) in [5, 5.41) is 2.99. The molecular formula is C13H18F3NO3. The number of ether oxygens (including phenoxy) is 3. The zero-order chi connectivity index (χ0) is 15.0. The van der Waals surface area contributed by atoms with Gasteiger partial charge in [0.2, 0.25) is 0 Å². The summed E-state index contributed by atoms with van der Waals surface area (Å²) in [6, 6.07) is 5.40. The van der Waals surface area contributed by atoms with Crippen molar-refractivity contribution in [2.45, 2.75) is 12.7 Å². The fourth-order valence-electron chi connectivity index (χ4n) is 1.53. The molecule has 0 bridgehead atoms. The average molecular weight is 293 g/mol. The topological polar surface area (TPSA) is 39.7 Å². The van der Waals surface area contributed by atoms with Crippen LogP contribution in [0, 0.1) is 0 Å². The van der Waals surface area contributed by atoms with Crippen molar-refractivity contribution in [3.8, 4) is 11.5 Å². The molecule has 114 valence electrons. The van der Waals surface area contributed by atoms with Gasteiger partial charge in [0.1, 0.15) is 18.1 Å². The highest BCUT2D eigenvalue weighted by Crippen LogP contribution is 2.22. The lowest BCUT2D eigenvalue weighted by Crippen LogP contribution is -2.23. The van der Waals surface area contributed by atoms with Gasteiger partial charge in [-0.05, 0) is 17.7 Å². The minimum Gasteiger partial charge on any atom is -0.497 e. The monoisotopic (exact) mass is 293 g/mol. The molecule has 4 nitrogen and oxygen atoms in total. The van der Waals surface area contributed by atoms with E-state index in [2.05, 4.69) is 10.1 Å². The van der Waals surface area contributed by atoms with Crippen LogP contribution in [0.3, 0.4) is 0 Å². The van der Waals surface area contributed by atoms with E-state index in [0.29, 0.717) is 24.6 Å². The van der Waals surface area contributed by atoms with Crippen LogP contribution in [0.15, 0.2) is 18.2 Å². The number of rotatable bonds is 8. The molecule has 0 unspecified atom stereocenters. The van der Waals surface area contributed by atoms with Crippen LogP contribution in [-0.2, 0) is 11.3 Å². The number of benzene rings is 1. The Kier molecular flexibility index (Phi) is 6.60. The quantitative estimate of drug-likeness (QED) is 0.747. The molecule has 7 heteroatoms. The van der Waals surface area contributed by atoms with Gasteiger partial charge >= 0.3 is 6.18 Å². The predicted octanol–water partition coefficient (Wildman–Crippen LogP) is 2.37. The third kappa shape index (κ3) is 6.63. The van der Waals surface area contributed by atoms with Gasteiger partial charge in [-0.1, -0.05) is 0 Å². The molecular weight excluding hydrogens is 275 g/mol. The van der Waals surface area contributed by atoms with Crippen LogP contribution < -0.4 is 14.8 Å². The van der Waals surface area contributed by atoms with Crippen molar-refractivity contribution in [3.05, 3.63) is 23.8 Å². The molecule has 1 rings (SSSR count). The molecule has 0 aliphatic carbocycles. The Morgan fingerprint density at radius 2 is 1.65 bits per heavy atom. The Morgan fingerprint density at radius 3 is 2.15 bits per heavy atom. The fraction of sp³-hybridized carbons (Fsp3) is 0.538. The standard InChI is InChI=1S/C13H18F3NO3/c1-18-11-5-10(6-12(7-11)19-2)8-17-3-4-20-9-13(14,15)16/h5-7,17H,3-4,8-9H2,1-2H3. The van der Waals surface area contributed by atoms with Crippen molar-refractivity contribution in [3.63, 3.8) is 0 Å². The first-order chi connectivity index (χ1) is 9.44. The second kappa shape index (κ2) is 7.96. The zero-order valence-corrected chi connectivity index (χ0v) is 11.4. The summed E-state index contributed by atoms with van der Waals surface area (Å²) in [4.78, 5) is 0. The van der Waals surface area contributed by atoms with Gasteiger partial charge in [-0.15, -0.1) is 0 Å². The Hall–Kier alpha value is -1.47. The van der Waals surface area contributed by atoms with E-state index in [1.165, 1.54) is 0 Å². The molecule has 0 aliphatic heterocycles. The summed E-state index contributed by atoms with van der Waals surface area (Å²) in [6.45, 7) is -0.402. The van der Waals surface area contributed by atoms with Crippen molar-refractivity contribution in [1.82, 2.24) is 5.32 Å². The summed E-state index contributed by atoms with van der Waals surface area (Å²) in [6.07, 6.45) is -4.28. The van der Waals surface area contributed by atoms with Crippen molar-refractivity contribution in [1.29, 1.82) is 0 Å². The maximum absolute atomic E-state index is 11.8. The Labute approximate surface area is 115 Å². The highest BCUT2D eigenvalue weighted by atomic mass is 19.4. The normalized spacial score (nSPS) is 11.4. The molecule has 0 atom stereocenters. The maximum atomic E-state index is 11.8. The van der Waals surface area contributed by atoms with E-state index in [9.17, 15) is 13.2 Å². The minimum atomic E-state index is -4.28. The molecule has 0 radical (unpaired) electrons. The molecule has 0 saturated carbocycles. The minimum absolute atomic E-state index is 0.000609. The Balaban J connectivity index is 2.31. The van der Waals surface area contributed by atoms with Crippen LogP contribution >= 0.6 is 0 Å². The largest absolute Gasteiger partial charge is 0.497 e. The summed E-state index contributed by atoms with van der Waals surface area (Å²) < 4.78 is 50.2. The summed E-state index contributed by atoms with van der Waals surface area (Å²) in [5.41, 5.74) is 0.914. The molecule has 0 fully saturated rings. The molecule has 1 N–H and O–H groups in total. The van der Waals surface area contributed by atoms with Crippen molar-refractivity contribution < 1.29 is 27.4 Å². The number of nitrogens with one attached hydrogen (secondary N) is 1. The van der Waals surface area contributed by atoms with Gasteiger partial charge in [0.05, 0.1) is 20.8 Å². The number of methoxy groups -OCH3 is 2. The van der Waals surface area contributed by atoms with Crippen LogP contribution in [0.1, 0.15) is 5.56 Å². The third-order valence-electron chi connectivity index (χ3n) is 2.43. The highest BCUT2D eigenvalue weighted by molar-refractivity contribution is 5.38. The fourth-order valence-corrected chi connectivity index (χ4v) is 1.53. The Bertz CT molecular complexity index is 388. The van der Waals surface area contributed by atoms with Crippen molar-refractivity contribution in [2.24, 2.45) is 0 Å². The predicted molar refractivity (Wildman–Crippen MR) is 68.1 cm³/mol. The van der Waals surface area contributed by atoms with E-state index in [4.69, 9.17) is 9.47 Å². The summed E-state index contributed by atoms with van der Waals surface area (Å²) in [5.74, 6) is 1.32. The second-order valence-corrected chi connectivity index (χ2v) is 4.07. The van der Waals surface area contributed by atoms with Crippen molar-refractivity contribution in [2.75, 3.05) is 34.0 Å². The number of halogens is 3. The van der Waals surface area contributed by atoms with Gasteiger partial charge in [0.15, 0.2) is 0 Å². The molecule has 0 saturated heterocycles. The van der Waals surface area contributed by atoms with Crippen LogP contribution in [-0.4, -0.2) is 40.2 Å². The summed E-state index contributed by atoms with van der Waals surface area (Å²) in [7, 11) is 3.11. The zero-order valence-electron chi connectivity index (χ0n) is 11.4.